The molecule has 0 rings (SSSR count). The van der Waals surface area contributed by atoms with Crippen molar-refractivity contribution in [2.45, 2.75) is 40.5 Å². The van der Waals surface area contributed by atoms with Crippen LogP contribution in [0, 0.1) is 10.8 Å². The van der Waals surface area contributed by atoms with E-state index in [1.54, 1.807) is 0 Å². The van der Waals surface area contributed by atoms with E-state index in [9.17, 15) is 0 Å². The van der Waals surface area contributed by atoms with Gasteiger partial charge in [-0.3, -0.25) is 0 Å². The molecule has 0 saturated carbocycles. The van der Waals surface area contributed by atoms with Gasteiger partial charge in [0.15, 0.2) is 0 Å². The fraction of sp³-hybridized carbons (Fsp3) is 0.818. The largest absolute Gasteiger partial charge is 0.103 e. The van der Waals surface area contributed by atoms with E-state index in [1.807, 2.05) is 6.08 Å². The van der Waals surface area contributed by atoms with Crippen molar-refractivity contribution in [3.63, 3.8) is 0 Å². The molecule has 12 heavy (non-hydrogen) atoms. The molecular weight excluding hydrogens is 212 g/mol. The summed E-state index contributed by atoms with van der Waals surface area (Å²) in [5, 5.41) is 1.07. The lowest BCUT2D eigenvalue weighted by Crippen LogP contribution is -2.23. The van der Waals surface area contributed by atoms with Crippen molar-refractivity contribution in [3.8, 4) is 0 Å². The maximum absolute atomic E-state index is 3.79. The van der Waals surface area contributed by atoms with Gasteiger partial charge in [-0.05, 0) is 23.7 Å². The molecule has 72 valence electrons. The molecule has 0 saturated heterocycles. The maximum atomic E-state index is 3.79. The fourth-order valence-corrected chi connectivity index (χ4v) is 2.00. The minimum Gasteiger partial charge on any atom is -0.103 e. The zero-order valence-corrected chi connectivity index (χ0v) is 10.4. The summed E-state index contributed by atoms with van der Waals surface area (Å²) in [5.41, 5.74) is 0.783. The summed E-state index contributed by atoms with van der Waals surface area (Å²) >= 11 is 3.55. The lowest BCUT2D eigenvalue weighted by molar-refractivity contribution is 0.220. The number of hydrogen-bond acceptors (Lipinski definition) is 0. The van der Waals surface area contributed by atoms with Gasteiger partial charge >= 0.3 is 0 Å². The van der Waals surface area contributed by atoms with E-state index in [0.717, 1.165) is 11.8 Å². The zero-order valence-electron chi connectivity index (χ0n) is 8.78. The number of halogens is 1. The molecular formula is C11H21Br. The van der Waals surface area contributed by atoms with Crippen molar-refractivity contribution in [3.05, 3.63) is 12.7 Å². The molecule has 0 radical (unpaired) electrons. The van der Waals surface area contributed by atoms with Gasteiger partial charge in [-0.25, -0.2) is 0 Å². The molecule has 0 fully saturated rings. The molecule has 0 aromatic carbocycles. The molecule has 0 bridgehead atoms. The smallest absolute Gasteiger partial charge is 0.00828 e. The highest BCUT2D eigenvalue weighted by Gasteiger charge is 2.26. The van der Waals surface area contributed by atoms with Crippen LogP contribution in [0.2, 0.25) is 0 Å². The highest BCUT2D eigenvalue weighted by Crippen LogP contribution is 2.37. The molecule has 0 heterocycles. The molecule has 0 aliphatic rings. The molecule has 0 nitrogen and oxygen atoms in total. The van der Waals surface area contributed by atoms with Gasteiger partial charge in [0, 0.05) is 5.33 Å². The highest BCUT2D eigenvalue weighted by atomic mass is 79.9. The van der Waals surface area contributed by atoms with Gasteiger partial charge < -0.3 is 0 Å². The van der Waals surface area contributed by atoms with Crippen LogP contribution < -0.4 is 0 Å². The second-order valence-electron chi connectivity index (χ2n) is 5.13. The Kier molecular flexibility index (Phi) is 4.54. The number of rotatable bonds is 5. The molecule has 0 N–H and O–H groups in total. The van der Waals surface area contributed by atoms with Crippen LogP contribution in [0.3, 0.4) is 0 Å². The van der Waals surface area contributed by atoms with Crippen LogP contribution >= 0.6 is 15.9 Å². The number of alkyl halides is 1. The fourth-order valence-electron chi connectivity index (χ4n) is 1.81. The zero-order chi connectivity index (χ0) is 9.83. The standard InChI is InChI=1S/C11H21Br/c1-6-7-10(2,3)8-11(4,5)9-12/h6H,1,7-9H2,2-5H3. The monoisotopic (exact) mass is 232 g/mol. The third kappa shape index (κ3) is 4.97. The van der Waals surface area contributed by atoms with Crippen LogP contribution in [-0.2, 0) is 0 Å². The van der Waals surface area contributed by atoms with Crippen LogP contribution in [0.5, 0.6) is 0 Å². The Morgan fingerprint density at radius 3 is 2.00 bits per heavy atom. The van der Waals surface area contributed by atoms with Gasteiger partial charge in [-0.1, -0.05) is 49.7 Å². The predicted octanol–water partition coefficient (Wildman–Crippen LogP) is 4.40. The van der Waals surface area contributed by atoms with E-state index in [0.29, 0.717) is 10.8 Å². The Morgan fingerprint density at radius 1 is 1.17 bits per heavy atom. The first-order valence-corrected chi connectivity index (χ1v) is 5.62. The molecule has 1 heteroatoms. The van der Waals surface area contributed by atoms with Crippen LogP contribution in [-0.4, -0.2) is 5.33 Å². The molecule has 0 aromatic rings. The Hall–Kier alpha value is 0.220. The number of hydrogen-bond donors (Lipinski definition) is 0. The molecule has 0 spiro atoms. The Bertz CT molecular complexity index is 145. The second-order valence-corrected chi connectivity index (χ2v) is 5.69. The highest BCUT2D eigenvalue weighted by molar-refractivity contribution is 9.09. The first-order chi connectivity index (χ1) is 5.33. The first-order valence-electron chi connectivity index (χ1n) is 4.50. The second kappa shape index (κ2) is 4.45. The van der Waals surface area contributed by atoms with Gasteiger partial charge in [0.25, 0.3) is 0 Å². The minimum absolute atomic E-state index is 0.388. The Balaban J connectivity index is 4.12. The van der Waals surface area contributed by atoms with Crippen LogP contribution in [0.1, 0.15) is 40.5 Å². The van der Waals surface area contributed by atoms with Gasteiger partial charge in [0.1, 0.15) is 0 Å². The van der Waals surface area contributed by atoms with Crippen LogP contribution in [0.4, 0.5) is 0 Å². The van der Waals surface area contributed by atoms with E-state index in [2.05, 4.69) is 50.2 Å². The van der Waals surface area contributed by atoms with Crippen molar-refractivity contribution >= 4 is 15.9 Å². The summed E-state index contributed by atoms with van der Waals surface area (Å²) in [7, 11) is 0. The predicted molar refractivity (Wildman–Crippen MR) is 60.8 cm³/mol. The third-order valence-electron chi connectivity index (χ3n) is 2.02. The SMILES string of the molecule is C=CCC(C)(C)CC(C)(C)CBr. The van der Waals surface area contributed by atoms with Crippen molar-refractivity contribution in [1.29, 1.82) is 0 Å². The van der Waals surface area contributed by atoms with Gasteiger partial charge in [0.05, 0.1) is 0 Å². The maximum Gasteiger partial charge on any atom is 0.00828 e. The summed E-state index contributed by atoms with van der Waals surface area (Å²) < 4.78 is 0. The molecule has 0 aliphatic heterocycles. The first kappa shape index (κ1) is 12.2. The van der Waals surface area contributed by atoms with Crippen LogP contribution in [0.25, 0.3) is 0 Å². The summed E-state index contributed by atoms with van der Waals surface area (Å²) in [6.45, 7) is 13.0. The van der Waals surface area contributed by atoms with E-state index in [-0.39, 0.29) is 0 Å². The third-order valence-corrected chi connectivity index (χ3v) is 3.53. The summed E-state index contributed by atoms with van der Waals surface area (Å²) in [4.78, 5) is 0. The normalized spacial score (nSPS) is 13.1. The molecule has 0 atom stereocenters. The summed E-state index contributed by atoms with van der Waals surface area (Å²) in [5.74, 6) is 0. The minimum atomic E-state index is 0.388. The summed E-state index contributed by atoms with van der Waals surface area (Å²) in [6.07, 6.45) is 4.35. The topological polar surface area (TPSA) is 0 Å². The van der Waals surface area contributed by atoms with Crippen molar-refractivity contribution in [1.82, 2.24) is 0 Å². The van der Waals surface area contributed by atoms with E-state index in [1.165, 1.54) is 6.42 Å². The molecule has 0 amide bonds. The van der Waals surface area contributed by atoms with Gasteiger partial charge in [-0.2, -0.15) is 0 Å². The average molecular weight is 233 g/mol. The molecule has 0 aliphatic carbocycles. The van der Waals surface area contributed by atoms with E-state index >= 15 is 0 Å². The Morgan fingerprint density at radius 2 is 1.67 bits per heavy atom. The van der Waals surface area contributed by atoms with Crippen molar-refractivity contribution in [2.24, 2.45) is 10.8 Å². The lowest BCUT2D eigenvalue weighted by Gasteiger charge is -2.33. The van der Waals surface area contributed by atoms with E-state index in [4.69, 9.17) is 0 Å². The molecule has 0 unspecified atom stereocenters. The van der Waals surface area contributed by atoms with E-state index < -0.39 is 0 Å². The molecule has 0 aromatic heterocycles. The lowest BCUT2D eigenvalue weighted by atomic mass is 9.74. The van der Waals surface area contributed by atoms with Crippen molar-refractivity contribution in [2.75, 3.05) is 5.33 Å². The van der Waals surface area contributed by atoms with Gasteiger partial charge in [0.2, 0.25) is 0 Å². The van der Waals surface area contributed by atoms with Crippen LogP contribution in [0.15, 0.2) is 12.7 Å². The van der Waals surface area contributed by atoms with Gasteiger partial charge in [-0.15, -0.1) is 6.58 Å². The van der Waals surface area contributed by atoms with Crippen molar-refractivity contribution < 1.29 is 0 Å². The quantitative estimate of drug-likeness (QED) is 0.487. The summed E-state index contributed by atoms with van der Waals surface area (Å²) in [6, 6.07) is 0. The Labute approximate surface area is 85.6 Å². The number of allylic oxidation sites excluding steroid dienone is 1. The average Bonchev–Trinajstić information content (AvgIpc) is 1.85.